The van der Waals surface area contributed by atoms with Crippen molar-refractivity contribution in [2.75, 3.05) is 11.9 Å². The number of rotatable bonds is 4. The molecule has 2 heterocycles. The predicted octanol–water partition coefficient (Wildman–Crippen LogP) is -0.332. The number of tetrazole rings is 1. The fourth-order valence-electron chi connectivity index (χ4n) is 1.83. The minimum absolute atomic E-state index is 0.289. The summed E-state index contributed by atoms with van der Waals surface area (Å²) in [5.41, 5.74) is 6.37. The fraction of sp³-hybridized carbons (Fsp3) is 0.556. The van der Waals surface area contributed by atoms with E-state index in [2.05, 4.69) is 25.8 Å². The predicted molar refractivity (Wildman–Crippen MR) is 57.8 cm³/mol. The SMILES string of the molecule is NCC(Nc1cncc2nnnn12)C1CC1. The molecule has 16 heavy (non-hydrogen) atoms. The van der Waals surface area contributed by atoms with Crippen LogP contribution in [0.5, 0.6) is 0 Å². The second-order valence-electron chi connectivity index (χ2n) is 4.07. The zero-order valence-electron chi connectivity index (χ0n) is 8.74. The zero-order chi connectivity index (χ0) is 11.0. The van der Waals surface area contributed by atoms with Gasteiger partial charge in [0, 0.05) is 12.6 Å². The van der Waals surface area contributed by atoms with Crippen LogP contribution in [0.2, 0.25) is 0 Å². The first-order chi connectivity index (χ1) is 7.88. The Labute approximate surface area is 92.0 Å². The van der Waals surface area contributed by atoms with Crippen molar-refractivity contribution in [2.24, 2.45) is 11.7 Å². The summed E-state index contributed by atoms with van der Waals surface area (Å²) in [5, 5.41) is 14.7. The molecule has 1 atom stereocenters. The monoisotopic (exact) mass is 219 g/mol. The van der Waals surface area contributed by atoms with Crippen LogP contribution in [-0.2, 0) is 0 Å². The lowest BCUT2D eigenvalue weighted by Gasteiger charge is -2.16. The second-order valence-corrected chi connectivity index (χ2v) is 4.07. The van der Waals surface area contributed by atoms with Crippen LogP contribution in [-0.4, -0.2) is 37.6 Å². The first-order valence-corrected chi connectivity index (χ1v) is 5.37. The smallest absolute Gasteiger partial charge is 0.199 e. The van der Waals surface area contributed by atoms with Crippen molar-refractivity contribution in [3.63, 3.8) is 0 Å². The maximum absolute atomic E-state index is 5.74. The van der Waals surface area contributed by atoms with Gasteiger partial charge in [-0.15, -0.1) is 5.10 Å². The summed E-state index contributed by atoms with van der Waals surface area (Å²) in [6, 6.07) is 0.289. The van der Waals surface area contributed by atoms with Crippen LogP contribution in [0.25, 0.3) is 5.65 Å². The van der Waals surface area contributed by atoms with Gasteiger partial charge in [-0.2, -0.15) is 4.52 Å². The Bertz CT molecular complexity index is 489. The number of nitrogens with two attached hydrogens (primary N) is 1. The van der Waals surface area contributed by atoms with Crippen molar-refractivity contribution in [1.82, 2.24) is 25.0 Å². The number of aromatic nitrogens is 5. The van der Waals surface area contributed by atoms with Gasteiger partial charge in [0.25, 0.3) is 0 Å². The normalized spacial score (nSPS) is 17.6. The van der Waals surface area contributed by atoms with E-state index in [-0.39, 0.29) is 6.04 Å². The topological polar surface area (TPSA) is 94.0 Å². The molecule has 2 aromatic heterocycles. The summed E-state index contributed by atoms with van der Waals surface area (Å²) in [7, 11) is 0. The van der Waals surface area contributed by atoms with Gasteiger partial charge < -0.3 is 11.1 Å². The van der Waals surface area contributed by atoms with Crippen molar-refractivity contribution < 1.29 is 0 Å². The third kappa shape index (κ3) is 1.58. The summed E-state index contributed by atoms with van der Waals surface area (Å²) >= 11 is 0. The van der Waals surface area contributed by atoms with Crippen LogP contribution < -0.4 is 11.1 Å². The molecule has 1 aliphatic carbocycles. The number of hydrogen-bond donors (Lipinski definition) is 2. The molecule has 0 saturated heterocycles. The van der Waals surface area contributed by atoms with Crippen molar-refractivity contribution in [2.45, 2.75) is 18.9 Å². The molecule has 0 spiro atoms. The van der Waals surface area contributed by atoms with Crippen LogP contribution in [0.3, 0.4) is 0 Å². The Balaban J connectivity index is 1.89. The second kappa shape index (κ2) is 3.67. The van der Waals surface area contributed by atoms with Gasteiger partial charge in [-0.05, 0) is 29.2 Å². The minimum Gasteiger partial charge on any atom is -0.364 e. The maximum atomic E-state index is 5.74. The lowest BCUT2D eigenvalue weighted by Crippen LogP contribution is -2.31. The number of fused-ring (bicyclic) bond motifs is 1. The van der Waals surface area contributed by atoms with Crippen LogP contribution in [0.1, 0.15) is 12.8 Å². The van der Waals surface area contributed by atoms with E-state index in [0.717, 1.165) is 5.82 Å². The quantitative estimate of drug-likeness (QED) is 0.731. The van der Waals surface area contributed by atoms with Gasteiger partial charge in [0.15, 0.2) is 11.5 Å². The highest BCUT2D eigenvalue weighted by Gasteiger charge is 2.30. The van der Waals surface area contributed by atoms with E-state index in [9.17, 15) is 0 Å². The van der Waals surface area contributed by atoms with Gasteiger partial charge in [0.1, 0.15) is 0 Å². The molecule has 0 bridgehead atoms. The molecule has 7 nitrogen and oxygen atoms in total. The Kier molecular flexibility index (Phi) is 2.17. The van der Waals surface area contributed by atoms with E-state index in [1.807, 2.05) is 0 Å². The molecule has 0 radical (unpaired) electrons. The molecule has 7 heteroatoms. The molecule has 0 amide bonds. The fourth-order valence-corrected chi connectivity index (χ4v) is 1.83. The summed E-state index contributed by atoms with van der Waals surface area (Å²) in [6.45, 7) is 0.614. The van der Waals surface area contributed by atoms with Crippen molar-refractivity contribution in [3.8, 4) is 0 Å². The highest BCUT2D eigenvalue weighted by molar-refractivity contribution is 5.44. The summed E-state index contributed by atoms with van der Waals surface area (Å²) < 4.78 is 1.64. The van der Waals surface area contributed by atoms with E-state index in [1.54, 1.807) is 16.9 Å². The highest BCUT2D eigenvalue weighted by Crippen LogP contribution is 2.33. The largest absolute Gasteiger partial charge is 0.364 e. The third-order valence-corrected chi connectivity index (χ3v) is 2.89. The highest BCUT2D eigenvalue weighted by atomic mass is 15.5. The van der Waals surface area contributed by atoms with Gasteiger partial charge in [-0.25, -0.2) is 0 Å². The summed E-state index contributed by atoms with van der Waals surface area (Å²) in [4.78, 5) is 4.09. The molecule has 3 rings (SSSR count). The van der Waals surface area contributed by atoms with Crippen LogP contribution in [0.15, 0.2) is 12.4 Å². The van der Waals surface area contributed by atoms with Crippen molar-refractivity contribution in [1.29, 1.82) is 0 Å². The third-order valence-electron chi connectivity index (χ3n) is 2.89. The lowest BCUT2D eigenvalue weighted by molar-refractivity contribution is 0.636. The average molecular weight is 219 g/mol. The number of nitrogens with zero attached hydrogens (tertiary/aromatic N) is 5. The number of anilines is 1. The van der Waals surface area contributed by atoms with E-state index >= 15 is 0 Å². The first kappa shape index (κ1) is 9.46. The Hall–Kier alpha value is -1.76. The molecule has 1 fully saturated rings. The molecule has 1 saturated carbocycles. The summed E-state index contributed by atoms with van der Waals surface area (Å²) in [6.07, 6.45) is 5.83. The minimum atomic E-state index is 0.289. The van der Waals surface area contributed by atoms with Gasteiger partial charge in [0.05, 0.1) is 12.4 Å². The zero-order valence-corrected chi connectivity index (χ0v) is 8.74. The molecule has 1 unspecified atom stereocenters. The van der Waals surface area contributed by atoms with Gasteiger partial charge >= 0.3 is 0 Å². The van der Waals surface area contributed by atoms with E-state index in [4.69, 9.17) is 5.73 Å². The average Bonchev–Trinajstić information content (AvgIpc) is 3.03. The lowest BCUT2D eigenvalue weighted by atomic mass is 10.2. The molecule has 2 aromatic rings. The van der Waals surface area contributed by atoms with E-state index in [1.165, 1.54) is 12.8 Å². The van der Waals surface area contributed by atoms with E-state index in [0.29, 0.717) is 18.1 Å². The van der Waals surface area contributed by atoms with Crippen LogP contribution in [0.4, 0.5) is 5.82 Å². The Morgan fingerprint density at radius 2 is 2.38 bits per heavy atom. The summed E-state index contributed by atoms with van der Waals surface area (Å²) in [5.74, 6) is 1.47. The number of nitrogens with one attached hydrogen (secondary N) is 1. The van der Waals surface area contributed by atoms with Gasteiger partial charge in [0.2, 0.25) is 0 Å². The van der Waals surface area contributed by atoms with E-state index < -0.39 is 0 Å². The molecular weight excluding hydrogens is 206 g/mol. The van der Waals surface area contributed by atoms with Gasteiger partial charge in [-0.3, -0.25) is 4.98 Å². The maximum Gasteiger partial charge on any atom is 0.199 e. The number of hydrogen-bond acceptors (Lipinski definition) is 6. The van der Waals surface area contributed by atoms with Gasteiger partial charge in [-0.1, -0.05) is 0 Å². The Morgan fingerprint density at radius 3 is 3.12 bits per heavy atom. The molecular formula is C9H13N7. The first-order valence-electron chi connectivity index (χ1n) is 5.37. The van der Waals surface area contributed by atoms with Crippen molar-refractivity contribution >= 4 is 11.5 Å². The van der Waals surface area contributed by atoms with Crippen molar-refractivity contribution in [3.05, 3.63) is 12.4 Å². The standard InChI is InChI=1S/C9H13N7/c10-3-7(6-1-2-6)12-8-4-11-5-9-13-14-15-16(8)9/h4-7,12H,1-3,10H2. The molecule has 0 aliphatic heterocycles. The van der Waals surface area contributed by atoms with Crippen LogP contribution in [0, 0.1) is 5.92 Å². The van der Waals surface area contributed by atoms with Crippen LogP contribution >= 0.6 is 0 Å². The Morgan fingerprint density at radius 1 is 1.50 bits per heavy atom. The molecule has 0 aromatic carbocycles. The molecule has 3 N–H and O–H groups in total. The molecule has 84 valence electrons. The molecule has 1 aliphatic rings.